The number of halogens is 3. The van der Waals surface area contributed by atoms with E-state index >= 15 is 0 Å². The molecule has 0 aliphatic rings. The van der Waals surface area contributed by atoms with Crippen LogP contribution >= 0.6 is 45.8 Å². The van der Waals surface area contributed by atoms with Gasteiger partial charge in [0.15, 0.2) is 10.8 Å². The minimum atomic E-state index is 0.324. The number of nitrogens with zero attached hydrogens (tertiary/aromatic N) is 3. The molecule has 0 aliphatic carbocycles. The minimum absolute atomic E-state index is 0.324. The average Bonchev–Trinajstić information content (AvgIpc) is 2.33. The molecule has 0 N–H and O–H groups in total. The molecule has 12 heavy (non-hydrogen) atoms. The van der Waals surface area contributed by atoms with Crippen molar-refractivity contribution < 1.29 is 0 Å². The van der Waals surface area contributed by atoms with Crippen LogP contribution in [-0.2, 0) is 0 Å². The summed E-state index contributed by atoms with van der Waals surface area (Å²) >= 11 is 13.6. The Labute approximate surface area is 91.9 Å². The third-order valence-corrected chi connectivity index (χ3v) is 2.61. The lowest BCUT2D eigenvalue weighted by molar-refractivity contribution is 1.10. The van der Waals surface area contributed by atoms with Crippen LogP contribution in [-0.4, -0.2) is 14.4 Å². The smallest absolute Gasteiger partial charge is 0.175 e. The van der Waals surface area contributed by atoms with Gasteiger partial charge in [-0.25, -0.2) is 9.97 Å². The third-order valence-electron chi connectivity index (χ3n) is 1.38. The van der Waals surface area contributed by atoms with Crippen molar-refractivity contribution in [2.24, 2.45) is 0 Å². The predicted molar refractivity (Wildman–Crippen MR) is 55.7 cm³/mol. The van der Waals surface area contributed by atoms with Gasteiger partial charge in [0.25, 0.3) is 0 Å². The van der Waals surface area contributed by atoms with Crippen molar-refractivity contribution in [3.63, 3.8) is 0 Å². The lowest BCUT2D eigenvalue weighted by Gasteiger charge is -1.96. The molecule has 0 spiro atoms. The van der Waals surface area contributed by atoms with Gasteiger partial charge in [0, 0.05) is 6.20 Å². The molecule has 2 rings (SSSR count). The fourth-order valence-electron chi connectivity index (χ4n) is 0.895. The number of imidazole rings is 1. The lowest BCUT2D eigenvalue weighted by Crippen LogP contribution is -1.90. The van der Waals surface area contributed by atoms with Gasteiger partial charge >= 0.3 is 0 Å². The van der Waals surface area contributed by atoms with Gasteiger partial charge in [-0.05, 0) is 22.6 Å². The highest BCUT2D eigenvalue weighted by Gasteiger charge is 2.06. The van der Waals surface area contributed by atoms with E-state index in [0.29, 0.717) is 16.0 Å². The molecule has 0 saturated heterocycles. The van der Waals surface area contributed by atoms with Gasteiger partial charge in [0.2, 0.25) is 0 Å². The van der Waals surface area contributed by atoms with E-state index in [1.165, 1.54) is 0 Å². The Morgan fingerprint density at radius 1 is 1.42 bits per heavy atom. The fraction of sp³-hybridized carbons (Fsp3) is 0. The molecule has 0 radical (unpaired) electrons. The number of hydrogen-bond acceptors (Lipinski definition) is 2. The second-order valence-corrected chi connectivity index (χ2v) is 3.98. The average molecular weight is 314 g/mol. The summed E-state index contributed by atoms with van der Waals surface area (Å²) in [5.74, 6) is 0. The first-order valence-electron chi connectivity index (χ1n) is 3.03. The maximum absolute atomic E-state index is 5.79. The molecule has 2 heterocycles. The Hall–Kier alpha value is -0.0700. The highest BCUT2D eigenvalue weighted by Crippen LogP contribution is 2.19. The van der Waals surface area contributed by atoms with Gasteiger partial charge in [0.1, 0.15) is 8.85 Å². The first kappa shape index (κ1) is 8.52. The SMILES string of the molecule is Clc1cn2c(I)cnc2c(Cl)n1. The topological polar surface area (TPSA) is 30.2 Å². The maximum atomic E-state index is 5.79. The van der Waals surface area contributed by atoms with Crippen molar-refractivity contribution in [3.05, 3.63) is 26.4 Å². The molecule has 0 saturated carbocycles. The van der Waals surface area contributed by atoms with Crippen LogP contribution in [0, 0.1) is 3.70 Å². The molecule has 0 amide bonds. The maximum Gasteiger partial charge on any atom is 0.175 e. The Morgan fingerprint density at radius 2 is 2.17 bits per heavy atom. The molecule has 6 heteroatoms. The Kier molecular flexibility index (Phi) is 2.14. The van der Waals surface area contributed by atoms with Crippen LogP contribution in [0.3, 0.4) is 0 Å². The normalized spacial score (nSPS) is 10.9. The monoisotopic (exact) mass is 313 g/mol. The molecule has 0 fully saturated rings. The Bertz CT molecular complexity index is 440. The Balaban J connectivity index is 2.92. The number of fused-ring (bicyclic) bond motifs is 1. The van der Waals surface area contributed by atoms with Gasteiger partial charge in [-0.2, -0.15) is 0 Å². The van der Waals surface area contributed by atoms with Crippen LogP contribution in [0.1, 0.15) is 0 Å². The zero-order valence-corrected chi connectivity index (χ0v) is 9.30. The van der Waals surface area contributed by atoms with E-state index in [2.05, 4.69) is 32.6 Å². The summed E-state index contributed by atoms with van der Waals surface area (Å²) in [6.45, 7) is 0. The van der Waals surface area contributed by atoms with Crippen LogP contribution < -0.4 is 0 Å². The molecule has 0 bridgehead atoms. The molecule has 2 aromatic heterocycles. The van der Waals surface area contributed by atoms with Gasteiger partial charge in [-0.1, -0.05) is 23.2 Å². The second-order valence-electron chi connectivity index (χ2n) is 2.13. The van der Waals surface area contributed by atoms with Gasteiger partial charge in [-0.3, -0.25) is 4.40 Å². The summed E-state index contributed by atoms with van der Waals surface area (Å²) in [4.78, 5) is 7.92. The van der Waals surface area contributed by atoms with Crippen LogP contribution in [0.4, 0.5) is 0 Å². The number of rotatable bonds is 0. The van der Waals surface area contributed by atoms with E-state index in [9.17, 15) is 0 Å². The summed E-state index contributed by atoms with van der Waals surface area (Å²) in [6.07, 6.45) is 3.39. The number of hydrogen-bond donors (Lipinski definition) is 0. The van der Waals surface area contributed by atoms with Gasteiger partial charge in [0.05, 0.1) is 6.20 Å². The van der Waals surface area contributed by atoms with Gasteiger partial charge in [-0.15, -0.1) is 0 Å². The van der Waals surface area contributed by atoms with Crippen molar-refractivity contribution in [1.29, 1.82) is 0 Å². The van der Waals surface area contributed by atoms with Gasteiger partial charge < -0.3 is 0 Å². The van der Waals surface area contributed by atoms with Crippen molar-refractivity contribution in [2.75, 3.05) is 0 Å². The number of aromatic nitrogens is 3. The summed E-state index contributed by atoms with van der Waals surface area (Å²) in [5.41, 5.74) is 0.630. The van der Waals surface area contributed by atoms with Crippen molar-refractivity contribution in [3.8, 4) is 0 Å². The molecular formula is C6H2Cl2IN3. The van der Waals surface area contributed by atoms with Crippen molar-refractivity contribution >= 4 is 51.4 Å². The van der Waals surface area contributed by atoms with Crippen LogP contribution in [0.15, 0.2) is 12.4 Å². The standard InChI is InChI=1S/C6H2Cl2IN3/c7-3-2-12-4(9)1-10-6(12)5(8)11-3/h1-2H. The fourth-order valence-corrected chi connectivity index (χ4v) is 1.86. The summed E-state index contributed by atoms with van der Waals surface area (Å²) in [5, 5.41) is 0.689. The Morgan fingerprint density at radius 3 is 2.92 bits per heavy atom. The molecular weight excluding hydrogens is 312 g/mol. The molecule has 0 unspecified atom stereocenters. The molecule has 0 aromatic carbocycles. The molecule has 0 aliphatic heterocycles. The van der Waals surface area contributed by atoms with Crippen LogP contribution in [0.5, 0.6) is 0 Å². The van der Waals surface area contributed by atoms with Crippen LogP contribution in [0.25, 0.3) is 5.65 Å². The quantitative estimate of drug-likeness (QED) is 0.700. The highest BCUT2D eigenvalue weighted by atomic mass is 127. The predicted octanol–water partition coefficient (Wildman–Crippen LogP) is 2.64. The van der Waals surface area contributed by atoms with E-state index in [0.717, 1.165) is 3.70 Å². The molecule has 3 nitrogen and oxygen atoms in total. The van der Waals surface area contributed by atoms with E-state index in [-0.39, 0.29) is 0 Å². The first-order valence-corrected chi connectivity index (χ1v) is 4.86. The van der Waals surface area contributed by atoms with Crippen molar-refractivity contribution in [2.45, 2.75) is 0 Å². The first-order chi connectivity index (χ1) is 5.68. The zero-order valence-electron chi connectivity index (χ0n) is 5.63. The summed E-state index contributed by atoms with van der Waals surface area (Å²) in [6, 6.07) is 0. The van der Waals surface area contributed by atoms with E-state index in [1.54, 1.807) is 16.8 Å². The van der Waals surface area contributed by atoms with Crippen LogP contribution in [0.2, 0.25) is 10.3 Å². The largest absolute Gasteiger partial charge is 0.289 e. The summed E-state index contributed by atoms with van der Waals surface area (Å²) in [7, 11) is 0. The highest BCUT2D eigenvalue weighted by molar-refractivity contribution is 14.1. The molecule has 0 atom stereocenters. The molecule has 62 valence electrons. The molecule has 2 aromatic rings. The van der Waals surface area contributed by atoms with E-state index < -0.39 is 0 Å². The second kappa shape index (κ2) is 3.01. The van der Waals surface area contributed by atoms with E-state index in [4.69, 9.17) is 23.2 Å². The van der Waals surface area contributed by atoms with Crippen molar-refractivity contribution in [1.82, 2.24) is 14.4 Å². The van der Waals surface area contributed by atoms with E-state index in [1.807, 2.05) is 0 Å². The zero-order chi connectivity index (χ0) is 8.72. The summed E-state index contributed by atoms with van der Waals surface area (Å²) < 4.78 is 2.74. The lowest BCUT2D eigenvalue weighted by atomic mass is 10.7. The minimum Gasteiger partial charge on any atom is -0.289 e. The third kappa shape index (κ3) is 1.27.